The fourth-order valence-corrected chi connectivity index (χ4v) is 2.56. The number of hydrogen-bond acceptors (Lipinski definition) is 4. The Bertz CT molecular complexity index is 492. The van der Waals surface area contributed by atoms with Gasteiger partial charge in [-0.05, 0) is 14.0 Å². The molecule has 2 rings (SSSR count). The minimum absolute atomic E-state index is 0.715. The lowest BCUT2D eigenvalue weighted by Crippen LogP contribution is -2.17. The Labute approximate surface area is 110 Å². The van der Waals surface area contributed by atoms with E-state index in [1.807, 2.05) is 19.5 Å². The molecule has 0 unspecified atom stereocenters. The van der Waals surface area contributed by atoms with Gasteiger partial charge in [-0.15, -0.1) is 11.3 Å². The Kier molecular flexibility index (Phi) is 3.81. The lowest BCUT2D eigenvalue weighted by Gasteiger charge is -2.15. The molecule has 2 aromatic heterocycles. The van der Waals surface area contributed by atoms with Gasteiger partial charge in [-0.3, -0.25) is 9.58 Å². The van der Waals surface area contributed by atoms with Crippen molar-refractivity contribution in [3.63, 3.8) is 0 Å². The van der Waals surface area contributed by atoms with E-state index in [-0.39, 0.29) is 0 Å². The van der Waals surface area contributed by atoms with Crippen molar-refractivity contribution in [1.82, 2.24) is 19.7 Å². The highest BCUT2D eigenvalue weighted by atomic mass is 35.5. The first kappa shape index (κ1) is 12.5. The second-order valence-electron chi connectivity index (χ2n) is 4.13. The number of rotatable bonds is 4. The summed E-state index contributed by atoms with van der Waals surface area (Å²) in [4.78, 5) is 6.46. The van der Waals surface area contributed by atoms with E-state index in [1.54, 1.807) is 16.0 Å². The van der Waals surface area contributed by atoms with Crippen molar-refractivity contribution in [2.75, 3.05) is 7.05 Å². The van der Waals surface area contributed by atoms with E-state index in [2.05, 4.69) is 27.4 Å². The molecule has 92 valence electrons. The molecule has 2 heterocycles. The molecule has 0 aliphatic rings. The minimum atomic E-state index is 0.715. The molecule has 0 aliphatic carbocycles. The van der Waals surface area contributed by atoms with Crippen molar-refractivity contribution in [3.8, 4) is 0 Å². The van der Waals surface area contributed by atoms with Crippen LogP contribution >= 0.6 is 22.9 Å². The molecule has 0 aromatic carbocycles. The van der Waals surface area contributed by atoms with Crippen molar-refractivity contribution in [2.45, 2.75) is 20.0 Å². The smallest absolute Gasteiger partial charge is 0.131 e. The van der Waals surface area contributed by atoms with Crippen molar-refractivity contribution in [2.24, 2.45) is 7.05 Å². The fraction of sp³-hybridized carbons (Fsp3) is 0.455. The topological polar surface area (TPSA) is 34.0 Å². The van der Waals surface area contributed by atoms with Crippen LogP contribution in [0.1, 0.15) is 17.0 Å². The summed E-state index contributed by atoms with van der Waals surface area (Å²) in [5, 5.41) is 7.08. The second-order valence-corrected chi connectivity index (χ2v) is 5.21. The van der Waals surface area contributed by atoms with E-state index < -0.39 is 0 Å². The Morgan fingerprint density at radius 3 is 2.76 bits per heavy atom. The average molecular weight is 271 g/mol. The summed E-state index contributed by atoms with van der Waals surface area (Å²) in [5.41, 5.74) is 5.02. The normalized spacial score (nSPS) is 11.4. The number of nitrogens with zero attached hydrogens (tertiary/aromatic N) is 4. The molecule has 0 bridgehead atoms. The molecule has 0 fully saturated rings. The molecule has 0 radical (unpaired) electrons. The van der Waals surface area contributed by atoms with E-state index in [1.165, 1.54) is 0 Å². The predicted octanol–water partition coefficient (Wildman–Crippen LogP) is 2.47. The highest BCUT2D eigenvalue weighted by Crippen LogP contribution is 2.20. The van der Waals surface area contributed by atoms with Crippen LogP contribution in [0.4, 0.5) is 0 Å². The average Bonchev–Trinajstić information content (AvgIpc) is 2.83. The van der Waals surface area contributed by atoms with Gasteiger partial charge < -0.3 is 0 Å². The highest BCUT2D eigenvalue weighted by molar-refractivity contribution is 7.07. The molecule has 17 heavy (non-hydrogen) atoms. The Morgan fingerprint density at radius 1 is 1.47 bits per heavy atom. The van der Waals surface area contributed by atoms with Gasteiger partial charge in [0.15, 0.2) is 0 Å². The van der Waals surface area contributed by atoms with Crippen LogP contribution in [-0.2, 0) is 20.1 Å². The van der Waals surface area contributed by atoms with Gasteiger partial charge in [0.1, 0.15) is 5.15 Å². The van der Waals surface area contributed by atoms with Gasteiger partial charge in [-0.1, -0.05) is 11.6 Å². The first-order chi connectivity index (χ1) is 8.08. The van der Waals surface area contributed by atoms with Crippen molar-refractivity contribution in [3.05, 3.63) is 33.0 Å². The van der Waals surface area contributed by atoms with Crippen LogP contribution in [0.15, 0.2) is 10.9 Å². The SMILES string of the molecule is Cc1nn(C)c(Cl)c1CN(C)Cc1cscn1. The number of hydrogen-bond donors (Lipinski definition) is 0. The minimum Gasteiger partial charge on any atom is -0.296 e. The summed E-state index contributed by atoms with van der Waals surface area (Å²) >= 11 is 7.82. The number of aryl methyl sites for hydroxylation is 2. The number of aromatic nitrogens is 3. The zero-order chi connectivity index (χ0) is 12.4. The van der Waals surface area contributed by atoms with E-state index in [0.29, 0.717) is 5.15 Å². The quantitative estimate of drug-likeness (QED) is 0.856. The predicted molar refractivity (Wildman–Crippen MR) is 70.2 cm³/mol. The van der Waals surface area contributed by atoms with Gasteiger partial charge in [0.05, 0.1) is 16.9 Å². The summed E-state index contributed by atoms with van der Waals surface area (Å²) in [6, 6.07) is 0. The Hall–Kier alpha value is -0.910. The van der Waals surface area contributed by atoms with Crippen molar-refractivity contribution in [1.29, 1.82) is 0 Å². The molecule has 2 aromatic rings. The molecule has 0 amide bonds. The summed E-state index contributed by atoms with van der Waals surface area (Å²) in [5.74, 6) is 0. The molecule has 4 nitrogen and oxygen atoms in total. The largest absolute Gasteiger partial charge is 0.296 e. The van der Waals surface area contributed by atoms with Crippen LogP contribution in [0.3, 0.4) is 0 Å². The summed E-state index contributed by atoms with van der Waals surface area (Å²) in [6.07, 6.45) is 0. The first-order valence-corrected chi connectivity index (χ1v) is 6.63. The van der Waals surface area contributed by atoms with E-state index >= 15 is 0 Å². The van der Waals surface area contributed by atoms with Crippen LogP contribution in [0.5, 0.6) is 0 Å². The molecule has 0 aliphatic heterocycles. The summed E-state index contributed by atoms with van der Waals surface area (Å²) < 4.78 is 1.71. The third kappa shape index (κ3) is 2.86. The standard InChI is InChI=1S/C11H15ClN4S/c1-8-10(11(12)16(3)14-8)5-15(2)4-9-6-17-7-13-9/h6-7H,4-5H2,1-3H3. The molecule has 0 spiro atoms. The van der Waals surface area contributed by atoms with Gasteiger partial charge in [0, 0.05) is 31.1 Å². The van der Waals surface area contributed by atoms with Crippen molar-refractivity contribution >= 4 is 22.9 Å². The number of halogens is 1. The van der Waals surface area contributed by atoms with Gasteiger partial charge in [-0.25, -0.2) is 4.98 Å². The molecule has 0 atom stereocenters. The Balaban J connectivity index is 2.05. The summed E-state index contributed by atoms with van der Waals surface area (Å²) in [6.45, 7) is 3.60. The maximum atomic E-state index is 6.20. The molecule has 0 N–H and O–H groups in total. The van der Waals surface area contributed by atoms with Crippen molar-refractivity contribution < 1.29 is 0 Å². The molecule has 6 heteroatoms. The highest BCUT2D eigenvalue weighted by Gasteiger charge is 2.13. The van der Waals surface area contributed by atoms with Crippen LogP contribution < -0.4 is 0 Å². The van der Waals surface area contributed by atoms with Gasteiger partial charge in [0.2, 0.25) is 0 Å². The molecular formula is C11H15ClN4S. The zero-order valence-electron chi connectivity index (χ0n) is 10.1. The van der Waals surface area contributed by atoms with Gasteiger partial charge >= 0.3 is 0 Å². The Morgan fingerprint density at radius 2 is 2.24 bits per heavy atom. The van der Waals surface area contributed by atoms with Crippen LogP contribution in [0.25, 0.3) is 0 Å². The monoisotopic (exact) mass is 270 g/mol. The fourth-order valence-electron chi connectivity index (χ4n) is 1.77. The summed E-state index contributed by atoms with van der Waals surface area (Å²) in [7, 11) is 3.92. The van der Waals surface area contributed by atoms with Crippen LogP contribution in [0.2, 0.25) is 5.15 Å². The third-order valence-corrected chi connectivity index (χ3v) is 3.72. The number of thiazole rings is 1. The van der Waals surface area contributed by atoms with Gasteiger partial charge in [0.25, 0.3) is 0 Å². The lowest BCUT2D eigenvalue weighted by molar-refractivity contribution is 0.315. The third-order valence-electron chi connectivity index (χ3n) is 2.61. The van der Waals surface area contributed by atoms with Crippen LogP contribution in [0, 0.1) is 6.92 Å². The molecule has 0 saturated carbocycles. The second kappa shape index (κ2) is 5.16. The van der Waals surface area contributed by atoms with E-state index in [9.17, 15) is 0 Å². The maximum Gasteiger partial charge on any atom is 0.131 e. The maximum absolute atomic E-state index is 6.20. The first-order valence-electron chi connectivity index (χ1n) is 5.31. The van der Waals surface area contributed by atoms with E-state index in [0.717, 1.165) is 30.0 Å². The lowest BCUT2D eigenvalue weighted by atomic mass is 10.2. The molecule has 0 saturated heterocycles. The van der Waals surface area contributed by atoms with E-state index in [4.69, 9.17) is 11.6 Å². The van der Waals surface area contributed by atoms with Crippen LogP contribution in [-0.4, -0.2) is 26.7 Å². The zero-order valence-corrected chi connectivity index (χ0v) is 11.7. The van der Waals surface area contributed by atoms with Gasteiger partial charge in [-0.2, -0.15) is 5.10 Å². The molecular weight excluding hydrogens is 256 g/mol.